The van der Waals surface area contributed by atoms with Crippen LogP contribution in [0.15, 0.2) is 12.3 Å². The maximum atomic E-state index is 4.33. The molecular formula is C11H15N3. The topological polar surface area (TPSA) is 41.6 Å². The van der Waals surface area contributed by atoms with Gasteiger partial charge in [-0.15, -0.1) is 0 Å². The van der Waals surface area contributed by atoms with Gasteiger partial charge in [0.05, 0.1) is 5.52 Å². The minimum Gasteiger partial charge on any atom is -0.341 e. The first-order valence-corrected chi connectivity index (χ1v) is 4.80. The van der Waals surface area contributed by atoms with Gasteiger partial charge in [0.2, 0.25) is 0 Å². The van der Waals surface area contributed by atoms with Crippen molar-refractivity contribution >= 4 is 11.2 Å². The highest BCUT2D eigenvalue weighted by Crippen LogP contribution is 2.23. The lowest BCUT2D eigenvalue weighted by Crippen LogP contribution is -2.11. The molecule has 0 saturated carbocycles. The fraction of sp³-hybridized carbons (Fsp3) is 0.455. The van der Waals surface area contributed by atoms with E-state index in [4.69, 9.17) is 0 Å². The van der Waals surface area contributed by atoms with E-state index in [2.05, 4.69) is 41.8 Å². The second-order valence-corrected chi connectivity index (χ2v) is 4.67. The molecule has 0 aromatic carbocycles. The van der Waals surface area contributed by atoms with Gasteiger partial charge in [0, 0.05) is 6.20 Å². The molecule has 2 heterocycles. The van der Waals surface area contributed by atoms with Crippen molar-refractivity contribution in [2.45, 2.75) is 33.1 Å². The third kappa shape index (κ3) is 1.50. The Morgan fingerprint density at radius 2 is 2.00 bits per heavy atom. The predicted molar refractivity (Wildman–Crippen MR) is 57.3 cm³/mol. The van der Waals surface area contributed by atoms with E-state index in [1.165, 1.54) is 5.56 Å². The smallest absolute Gasteiger partial charge is 0.177 e. The fourth-order valence-electron chi connectivity index (χ4n) is 1.43. The lowest BCUT2D eigenvalue weighted by Gasteiger charge is -2.17. The van der Waals surface area contributed by atoms with Crippen LogP contribution in [0.1, 0.15) is 32.2 Å². The van der Waals surface area contributed by atoms with E-state index in [1.807, 2.05) is 13.1 Å². The van der Waals surface area contributed by atoms with E-state index >= 15 is 0 Å². The van der Waals surface area contributed by atoms with Crippen LogP contribution in [0.2, 0.25) is 0 Å². The zero-order valence-corrected chi connectivity index (χ0v) is 9.05. The SMILES string of the molecule is Cc1nc2ncc(C(C)(C)C)cc2[nH]1. The van der Waals surface area contributed by atoms with E-state index in [9.17, 15) is 0 Å². The molecule has 2 aromatic heterocycles. The number of hydrogen-bond acceptors (Lipinski definition) is 2. The normalized spacial score (nSPS) is 12.3. The number of aryl methyl sites for hydroxylation is 1. The highest BCUT2D eigenvalue weighted by Gasteiger charge is 2.15. The van der Waals surface area contributed by atoms with Crippen molar-refractivity contribution < 1.29 is 0 Å². The molecule has 14 heavy (non-hydrogen) atoms. The molecule has 0 atom stereocenters. The quantitative estimate of drug-likeness (QED) is 0.692. The van der Waals surface area contributed by atoms with Crippen molar-refractivity contribution in [3.8, 4) is 0 Å². The second kappa shape index (κ2) is 2.80. The van der Waals surface area contributed by atoms with Crippen LogP contribution in [0.5, 0.6) is 0 Å². The summed E-state index contributed by atoms with van der Waals surface area (Å²) in [6.07, 6.45) is 1.91. The molecule has 3 nitrogen and oxygen atoms in total. The highest BCUT2D eigenvalue weighted by atomic mass is 15.0. The van der Waals surface area contributed by atoms with Crippen LogP contribution in [0, 0.1) is 6.92 Å². The molecule has 0 radical (unpaired) electrons. The van der Waals surface area contributed by atoms with Gasteiger partial charge in [-0.1, -0.05) is 20.8 Å². The van der Waals surface area contributed by atoms with Crippen LogP contribution in [0.3, 0.4) is 0 Å². The average molecular weight is 189 g/mol. The summed E-state index contributed by atoms with van der Waals surface area (Å²) in [4.78, 5) is 11.8. The van der Waals surface area contributed by atoms with E-state index in [1.54, 1.807) is 0 Å². The zero-order chi connectivity index (χ0) is 10.3. The van der Waals surface area contributed by atoms with E-state index in [-0.39, 0.29) is 5.41 Å². The van der Waals surface area contributed by atoms with Gasteiger partial charge in [-0.2, -0.15) is 0 Å². The number of H-pyrrole nitrogens is 1. The van der Waals surface area contributed by atoms with Gasteiger partial charge >= 0.3 is 0 Å². The fourth-order valence-corrected chi connectivity index (χ4v) is 1.43. The molecular weight excluding hydrogens is 174 g/mol. The molecule has 0 aliphatic carbocycles. The Labute approximate surface area is 83.6 Å². The van der Waals surface area contributed by atoms with Crippen LogP contribution in [0.4, 0.5) is 0 Å². The highest BCUT2D eigenvalue weighted by molar-refractivity contribution is 5.71. The number of aromatic amines is 1. The standard InChI is InChI=1S/C11H15N3/c1-7-13-9-5-8(11(2,3)4)6-12-10(9)14-7/h5-6H,1-4H3,(H,12,13,14). The van der Waals surface area contributed by atoms with Crippen molar-refractivity contribution in [1.82, 2.24) is 15.0 Å². The molecule has 0 amide bonds. The maximum absolute atomic E-state index is 4.33. The lowest BCUT2D eigenvalue weighted by molar-refractivity contribution is 0.588. The average Bonchev–Trinajstić information content (AvgIpc) is 2.41. The molecule has 0 aliphatic heterocycles. The Hall–Kier alpha value is -1.38. The van der Waals surface area contributed by atoms with Gasteiger partial charge in [0.1, 0.15) is 5.82 Å². The Morgan fingerprint density at radius 1 is 1.29 bits per heavy atom. The van der Waals surface area contributed by atoms with E-state index in [0.717, 1.165) is 17.0 Å². The summed E-state index contributed by atoms with van der Waals surface area (Å²) in [6.45, 7) is 8.48. The molecule has 3 heteroatoms. The molecule has 0 unspecified atom stereocenters. The molecule has 0 fully saturated rings. The van der Waals surface area contributed by atoms with Crippen LogP contribution < -0.4 is 0 Å². The van der Waals surface area contributed by atoms with Gasteiger partial charge < -0.3 is 4.98 Å². The first-order chi connectivity index (χ1) is 6.47. The number of rotatable bonds is 0. The number of hydrogen-bond donors (Lipinski definition) is 1. The molecule has 0 saturated heterocycles. The number of aromatic nitrogens is 3. The zero-order valence-electron chi connectivity index (χ0n) is 9.05. The first kappa shape index (κ1) is 9.19. The Kier molecular flexibility index (Phi) is 1.84. The lowest BCUT2D eigenvalue weighted by atomic mass is 9.88. The summed E-state index contributed by atoms with van der Waals surface area (Å²) in [6, 6.07) is 2.13. The largest absolute Gasteiger partial charge is 0.341 e. The van der Waals surface area contributed by atoms with Gasteiger partial charge in [-0.05, 0) is 24.0 Å². The van der Waals surface area contributed by atoms with Crippen molar-refractivity contribution in [2.75, 3.05) is 0 Å². The van der Waals surface area contributed by atoms with Crippen molar-refractivity contribution in [1.29, 1.82) is 0 Å². The van der Waals surface area contributed by atoms with Gasteiger partial charge in [-0.3, -0.25) is 0 Å². The number of imidazole rings is 1. The van der Waals surface area contributed by atoms with Crippen molar-refractivity contribution in [3.05, 3.63) is 23.7 Å². The maximum Gasteiger partial charge on any atom is 0.177 e. The molecule has 0 bridgehead atoms. The van der Waals surface area contributed by atoms with E-state index < -0.39 is 0 Å². The Balaban J connectivity index is 2.62. The molecule has 0 spiro atoms. The van der Waals surface area contributed by atoms with Crippen molar-refractivity contribution in [2.24, 2.45) is 0 Å². The van der Waals surface area contributed by atoms with Crippen LogP contribution >= 0.6 is 0 Å². The third-order valence-electron chi connectivity index (χ3n) is 2.32. The van der Waals surface area contributed by atoms with Gasteiger partial charge in [0.15, 0.2) is 5.65 Å². The van der Waals surface area contributed by atoms with Crippen molar-refractivity contribution in [3.63, 3.8) is 0 Å². The molecule has 74 valence electrons. The second-order valence-electron chi connectivity index (χ2n) is 4.67. The summed E-state index contributed by atoms with van der Waals surface area (Å²) in [7, 11) is 0. The summed E-state index contributed by atoms with van der Waals surface area (Å²) in [5.74, 6) is 0.915. The Morgan fingerprint density at radius 3 is 2.64 bits per heavy atom. The van der Waals surface area contributed by atoms with Gasteiger partial charge in [0.25, 0.3) is 0 Å². The van der Waals surface area contributed by atoms with Crippen LogP contribution in [-0.2, 0) is 5.41 Å². The number of nitrogens with zero attached hydrogens (tertiary/aromatic N) is 2. The Bertz CT molecular complexity index is 463. The molecule has 2 aromatic rings. The monoisotopic (exact) mass is 189 g/mol. The first-order valence-electron chi connectivity index (χ1n) is 4.80. The minimum atomic E-state index is 0.139. The predicted octanol–water partition coefficient (Wildman–Crippen LogP) is 2.56. The summed E-state index contributed by atoms with van der Waals surface area (Å²) >= 11 is 0. The van der Waals surface area contributed by atoms with Crippen LogP contribution in [0.25, 0.3) is 11.2 Å². The molecule has 1 N–H and O–H groups in total. The summed E-state index contributed by atoms with van der Waals surface area (Å²) < 4.78 is 0. The van der Waals surface area contributed by atoms with Crippen LogP contribution in [-0.4, -0.2) is 15.0 Å². The van der Waals surface area contributed by atoms with Gasteiger partial charge in [-0.25, -0.2) is 9.97 Å². The summed E-state index contributed by atoms with van der Waals surface area (Å²) in [5, 5.41) is 0. The van der Waals surface area contributed by atoms with E-state index in [0.29, 0.717) is 0 Å². The summed E-state index contributed by atoms with van der Waals surface area (Å²) in [5.41, 5.74) is 3.19. The third-order valence-corrected chi connectivity index (χ3v) is 2.32. The number of fused-ring (bicyclic) bond motifs is 1. The minimum absolute atomic E-state index is 0.139. The molecule has 2 rings (SSSR count). The molecule has 0 aliphatic rings. The number of pyridine rings is 1. The number of nitrogens with one attached hydrogen (secondary N) is 1.